The Labute approximate surface area is 232 Å². The number of nitrogens with zero attached hydrogens (tertiary/aromatic N) is 5. The highest BCUT2D eigenvalue weighted by Crippen LogP contribution is 2.43. The van der Waals surface area contributed by atoms with Gasteiger partial charge in [0.05, 0.1) is 6.04 Å². The molecule has 1 saturated heterocycles. The van der Waals surface area contributed by atoms with Gasteiger partial charge in [-0.2, -0.15) is 0 Å². The van der Waals surface area contributed by atoms with Gasteiger partial charge in [0.15, 0.2) is 0 Å². The molecule has 212 valence electrons. The highest BCUT2D eigenvalue weighted by atomic mass is 35.5. The number of carbonyl (C=O) groups is 2. The molecule has 1 saturated carbocycles. The molecule has 1 aliphatic carbocycles. The predicted molar refractivity (Wildman–Crippen MR) is 141 cm³/mol. The second kappa shape index (κ2) is 11.4. The van der Waals surface area contributed by atoms with Crippen LogP contribution in [0, 0.1) is 11.8 Å². The Morgan fingerprint density at radius 3 is 2.64 bits per heavy atom. The first-order chi connectivity index (χ1) is 18.7. The van der Waals surface area contributed by atoms with Crippen molar-refractivity contribution in [3.63, 3.8) is 0 Å². The van der Waals surface area contributed by atoms with Crippen LogP contribution in [0.1, 0.15) is 87.4 Å². The number of likely N-dealkylation sites (tertiary alicyclic amines) is 1. The van der Waals surface area contributed by atoms with Crippen LogP contribution in [0.15, 0.2) is 12.1 Å². The number of fused-ring (bicyclic) bond motifs is 1. The molecule has 2 aliphatic heterocycles. The lowest BCUT2D eigenvalue weighted by atomic mass is 9.78. The fourth-order valence-corrected chi connectivity index (χ4v) is 6.78. The van der Waals surface area contributed by atoms with Gasteiger partial charge in [0, 0.05) is 49.1 Å². The fourth-order valence-electron chi connectivity index (χ4n) is 6.52. The molecule has 4 atom stereocenters. The van der Waals surface area contributed by atoms with Crippen molar-refractivity contribution in [1.82, 2.24) is 24.8 Å². The first-order valence-electron chi connectivity index (χ1n) is 13.9. The number of ether oxygens (including phenoxy) is 1. The zero-order valence-corrected chi connectivity index (χ0v) is 23.5. The van der Waals surface area contributed by atoms with Crippen molar-refractivity contribution in [3.8, 4) is 5.75 Å². The number of aryl methyl sites for hydroxylation is 1. The number of hydrogen-bond acceptors (Lipinski definition) is 5. The van der Waals surface area contributed by atoms with Gasteiger partial charge in [-0.3, -0.25) is 9.59 Å². The third-order valence-corrected chi connectivity index (χ3v) is 9.15. The summed E-state index contributed by atoms with van der Waals surface area (Å²) in [6.45, 7) is 4.80. The number of carbonyl (C=O) groups excluding carboxylic acids is 2. The van der Waals surface area contributed by atoms with Crippen LogP contribution in [0.5, 0.6) is 5.75 Å². The van der Waals surface area contributed by atoms with E-state index in [0.717, 1.165) is 47.9 Å². The van der Waals surface area contributed by atoms with Crippen LogP contribution in [0.4, 0.5) is 8.78 Å². The smallest absolute Gasteiger partial charge is 0.282 e. The van der Waals surface area contributed by atoms with Gasteiger partial charge in [-0.05, 0) is 56.2 Å². The van der Waals surface area contributed by atoms with Crippen LogP contribution in [0.25, 0.3) is 0 Å². The lowest BCUT2D eigenvalue weighted by molar-refractivity contribution is -0.143. The Morgan fingerprint density at radius 1 is 1.18 bits per heavy atom. The van der Waals surface area contributed by atoms with E-state index in [0.29, 0.717) is 42.6 Å². The van der Waals surface area contributed by atoms with Crippen molar-refractivity contribution in [2.24, 2.45) is 18.9 Å². The van der Waals surface area contributed by atoms with Crippen molar-refractivity contribution in [3.05, 3.63) is 39.7 Å². The Morgan fingerprint density at radius 2 is 1.95 bits per heavy atom. The summed E-state index contributed by atoms with van der Waals surface area (Å²) in [5.74, 6) is 0.862. The molecule has 2 amide bonds. The van der Waals surface area contributed by atoms with Crippen LogP contribution in [0.3, 0.4) is 0 Å². The molecule has 0 N–H and O–H groups in total. The second-order valence-electron chi connectivity index (χ2n) is 11.2. The molecule has 2 aromatic rings. The molecule has 0 spiro atoms. The number of hydrogen-bond donors (Lipinski definition) is 0. The molecule has 2 fully saturated rings. The quantitative estimate of drug-likeness (QED) is 0.460. The van der Waals surface area contributed by atoms with Gasteiger partial charge >= 0.3 is 0 Å². The molecule has 1 aromatic carbocycles. The molecule has 8 nitrogen and oxygen atoms in total. The summed E-state index contributed by atoms with van der Waals surface area (Å²) in [5, 5.41) is 8.18. The monoisotopic (exact) mass is 563 g/mol. The van der Waals surface area contributed by atoms with Crippen molar-refractivity contribution >= 4 is 23.4 Å². The van der Waals surface area contributed by atoms with Gasteiger partial charge in [-0.1, -0.05) is 36.6 Å². The molecule has 0 radical (unpaired) electrons. The largest absolute Gasteiger partial charge is 0.487 e. The number of benzene rings is 1. The minimum absolute atomic E-state index is 0.0517. The minimum atomic E-state index is -2.75. The van der Waals surface area contributed by atoms with Gasteiger partial charge < -0.3 is 14.5 Å². The SMILES string of the molecule is C[C@H]1CCCC[C@H]1C(=O)N1CCc2c(Cl)ccc(OCc3nnn(C)c3C(F)F)c2[C@H]1CN1C(=O)CC[C@@H]1C. The number of aromatic nitrogens is 3. The summed E-state index contributed by atoms with van der Waals surface area (Å²) in [4.78, 5) is 30.7. The van der Waals surface area contributed by atoms with E-state index in [-0.39, 0.29) is 41.8 Å². The Balaban J connectivity index is 1.52. The van der Waals surface area contributed by atoms with Crippen LogP contribution >= 0.6 is 11.6 Å². The number of alkyl halides is 2. The maximum Gasteiger partial charge on any atom is 0.282 e. The number of rotatable bonds is 7. The molecule has 11 heteroatoms. The van der Waals surface area contributed by atoms with Gasteiger partial charge in [-0.25, -0.2) is 13.5 Å². The van der Waals surface area contributed by atoms with E-state index >= 15 is 0 Å². The number of halogens is 3. The highest BCUT2D eigenvalue weighted by Gasteiger charge is 2.42. The second-order valence-corrected chi connectivity index (χ2v) is 11.6. The van der Waals surface area contributed by atoms with Crippen molar-refractivity contribution in [2.75, 3.05) is 13.1 Å². The summed E-state index contributed by atoms with van der Waals surface area (Å²) < 4.78 is 34.5. The van der Waals surface area contributed by atoms with Gasteiger partial charge in [-0.15, -0.1) is 5.10 Å². The number of amides is 2. The average molecular weight is 564 g/mol. The standard InChI is InChI=1S/C28H36ClF2N5O3/c1-16-6-4-5-7-18(16)28(38)35-13-12-19-20(29)9-10-23(39-15-21-26(27(30)31)34(3)33-32-21)25(19)22(35)14-36-17(2)8-11-24(36)37/h9-10,16-18,22,27H,4-8,11-15H2,1-3H3/t16-,17-,18+,22+/m0/s1. The Kier molecular flexibility index (Phi) is 8.12. The zero-order valence-electron chi connectivity index (χ0n) is 22.7. The summed E-state index contributed by atoms with van der Waals surface area (Å²) >= 11 is 6.68. The molecule has 0 bridgehead atoms. The molecular weight excluding hydrogens is 528 g/mol. The van der Waals surface area contributed by atoms with Crippen LogP contribution in [-0.2, 0) is 29.7 Å². The van der Waals surface area contributed by atoms with E-state index < -0.39 is 12.5 Å². The normalized spacial score (nSPS) is 25.4. The lowest BCUT2D eigenvalue weighted by Crippen LogP contribution is -2.49. The van der Waals surface area contributed by atoms with E-state index in [9.17, 15) is 18.4 Å². The van der Waals surface area contributed by atoms with E-state index in [1.807, 2.05) is 16.7 Å². The summed E-state index contributed by atoms with van der Waals surface area (Å²) in [6.07, 6.45) is 3.10. The first kappa shape index (κ1) is 27.8. The molecular formula is C28H36ClF2N5O3. The van der Waals surface area contributed by atoms with Gasteiger partial charge in [0.25, 0.3) is 6.43 Å². The molecule has 1 aromatic heterocycles. The molecule has 3 aliphatic rings. The predicted octanol–water partition coefficient (Wildman–Crippen LogP) is 5.25. The van der Waals surface area contributed by atoms with Crippen molar-refractivity contribution in [2.45, 2.75) is 83.9 Å². The topological polar surface area (TPSA) is 80.6 Å². The van der Waals surface area contributed by atoms with E-state index in [1.165, 1.54) is 7.05 Å². The zero-order chi connectivity index (χ0) is 27.8. The molecule has 3 heterocycles. The fraction of sp³-hybridized carbons (Fsp3) is 0.643. The van der Waals surface area contributed by atoms with Gasteiger partial charge in [0.2, 0.25) is 11.8 Å². The van der Waals surface area contributed by atoms with Crippen LogP contribution < -0.4 is 4.74 Å². The molecule has 0 unspecified atom stereocenters. The maximum absolute atomic E-state index is 14.1. The molecule has 5 rings (SSSR count). The molecule has 39 heavy (non-hydrogen) atoms. The van der Waals surface area contributed by atoms with E-state index in [1.54, 1.807) is 12.1 Å². The van der Waals surface area contributed by atoms with Crippen molar-refractivity contribution in [1.29, 1.82) is 0 Å². The average Bonchev–Trinajstić information content (AvgIpc) is 3.44. The third kappa shape index (κ3) is 5.36. The van der Waals surface area contributed by atoms with Crippen molar-refractivity contribution < 1.29 is 23.1 Å². The third-order valence-electron chi connectivity index (χ3n) is 8.80. The Bertz CT molecular complexity index is 1240. The van der Waals surface area contributed by atoms with Crippen LogP contribution in [0.2, 0.25) is 5.02 Å². The summed E-state index contributed by atoms with van der Waals surface area (Å²) in [5.41, 5.74) is 1.37. The van der Waals surface area contributed by atoms with Gasteiger partial charge in [0.1, 0.15) is 23.7 Å². The van der Waals surface area contributed by atoms with Crippen LogP contribution in [-0.4, -0.2) is 55.7 Å². The summed E-state index contributed by atoms with van der Waals surface area (Å²) in [7, 11) is 1.42. The summed E-state index contributed by atoms with van der Waals surface area (Å²) in [6, 6.07) is 3.07. The van der Waals surface area contributed by atoms with E-state index in [4.69, 9.17) is 16.3 Å². The lowest BCUT2D eigenvalue weighted by Gasteiger charge is -2.43. The van der Waals surface area contributed by atoms with E-state index in [2.05, 4.69) is 17.2 Å². The first-order valence-corrected chi connectivity index (χ1v) is 14.3. The maximum atomic E-state index is 14.1. The minimum Gasteiger partial charge on any atom is -0.487 e. The Hall–Kier alpha value is -2.75. The highest BCUT2D eigenvalue weighted by molar-refractivity contribution is 6.31.